The number of hydrogen-bond acceptors (Lipinski definition) is 2. The van der Waals surface area contributed by atoms with E-state index in [0.717, 1.165) is 61.1 Å². The lowest BCUT2D eigenvalue weighted by Crippen LogP contribution is -2.09. The quantitative estimate of drug-likeness (QED) is 0.153. The van der Waals surface area contributed by atoms with E-state index in [4.69, 9.17) is 4.42 Å². The minimum absolute atomic E-state index is 0.878. The molecule has 0 aliphatic heterocycles. The highest BCUT2D eigenvalue weighted by molar-refractivity contribution is 6.23. The molecule has 11 rings (SSSR count). The highest BCUT2D eigenvalue weighted by Crippen LogP contribution is 2.47. The minimum atomic E-state index is 0.878. The number of fused-ring (bicyclic) bond motifs is 5. The average molecular weight is 766 g/mol. The first kappa shape index (κ1) is 35.2. The second kappa shape index (κ2) is 15.1. The van der Waals surface area contributed by atoms with Crippen molar-refractivity contribution < 1.29 is 4.42 Å². The number of furan rings is 1. The second-order valence-corrected chi connectivity index (χ2v) is 15.2. The van der Waals surface area contributed by atoms with Crippen LogP contribution >= 0.6 is 0 Å². The summed E-state index contributed by atoms with van der Waals surface area (Å²) in [4.78, 5) is 2.34. The Morgan fingerprint density at radius 1 is 0.283 bits per heavy atom. The van der Waals surface area contributed by atoms with E-state index in [1.807, 2.05) is 0 Å². The van der Waals surface area contributed by atoms with E-state index < -0.39 is 0 Å². The van der Waals surface area contributed by atoms with E-state index in [9.17, 15) is 0 Å². The summed E-state index contributed by atoms with van der Waals surface area (Å²) < 4.78 is 6.82. The molecular formula is C58H39NO. The maximum absolute atomic E-state index is 6.82. The zero-order chi connectivity index (χ0) is 39.8. The molecule has 0 fully saturated rings. The van der Waals surface area contributed by atoms with Gasteiger partial charge in [-0.3, -0.25) is 0 Å². The second-order valence-electron chi connectivity index (χ2n) is 15.2. The number of rotatable bonds is 8. The summed E-state index contributed by atoms with van der Waals surface area (Å²) in [5, 5.41) is 4.54. The topological polar surface area (TPSA) is 16.4 Å². The third-order valence-corrected chi connectivity index (χ3v) is 11.7. The minimum Gasteiger partial charge on any atom is -0.455 e. The van der Waals surface area contributed by atoms with Crippen molar-refractivity contribution in [3.8, 4) is 55.6 Å². The molecule has 0 spiro atoms. The Hall–Kier alpha value is -7.94. The van der Waals surface area contributed by atoms with Crippen LogP contribution in [0, 0.1) is 0 Å². The van der Waals surface area contributed by atoms with Crippen molar-refractivity contribution in [3.05, 3.63) is 237 Å². The molecule has 11 aromatic rings. The Kier molecular flexibility index (Phi) is 8.87. The normalized spacial score (nSPS) is 11.3. The molecule has 0 aliphatic rings. The van der Waals surface area contributed by atoms with Crippen LogP contribution in [0.5, 0.6) is 0 Å². The Morgan fingerprint density at radius 3 is 1.20 bits per heavy atom. The van der Waals surface area contributed by atoms with Crippen molar-refractivity contribution in [2.24, 2.45) is 0 Å². The molecule has 0 unspecified atom stereocenters. The first-order valence-electron chi connectivity index (χ1n) is 20.5. The Morgan fingerprint density at radius 2 is 0.683 bits per heavy atom. The van der Waals surface area contributed by atoms with Gasteiger partial charge < -0.3 is 9.32 Å². The Bertz CT molecular complexity index is 3160. The Balaban J connectivity index is 1.06. The van der Waals surface area contributed by atoms with Crippen LogP contribution in [0.25, 0.3) is 88.3 Å². The summed E-state index contributed by atoms with van der Waals surface area (Å²) >= 11 is 0. The molecule has 1 heterocycles. The number of hydrogen-bond donors (Lipinski definition) is 0. The van der Waals surface area contributed by atoms with Gasteiger partial charge in [0.15, 0.2) is 0 Å². The standard InChI is InChI=1S/C58H39NO/c1-5-15-40(16-6-1)42-25-31-47(32-26-42)59(48-33-27-43(28-34-48)41-17-7-2-8-18-41)49-35-29-45(30-36-49)50-37-38-55-57(56(50)46-21-11-4-12-22-46)54-39-53(44-19-9-3-10-20-44)51-23-13-14-24-52(51)58(54)60-55/h1-39H. The molecule has 2 nitrogen and oxygen atoms in total. The van der Waals surface area contributed by atoms with Gasteiger partial charge in [-0.05, 0) is 104 Å². The summed E-state index contributed by atoms with van der Waals surface area (Å²) in [5.74, 6) is 0. The van der Waals surface area contributed by atoms with Crippen molar-refractivity contribution in [1.82, 2.24) is 0 Å². The molecule has 0 saturated heterocycles. The van der Waals surface area contributed by atoms with Crippen LogP contribution < -0.4 is 4.90 Å². The zero-order valence-electron chi connectivity index (χ0n) is 32.9. The molecular weight excluding hydrogens is 727 g/mol. The molecule has 10 aromatic carbocycles. The molecule has 60 heavy (non-hydrogen) atoms. The maximum atomic E-state index is 6.82. The van der Waals surface area contributed by atoms with Gasteiger partial charge in [-0.2, -0.15) is 0 Å². The van der Waals surface area contributed by atoms with E-state index in [-0.39, 0.29) is 0 Å². The lowest BCUT2D eigenvalue weighted by molar-refractivity contribution is 0.673. The predicted octanol–water partition coefficient (Wildman–Crippen LogP) is 16.5. The number of nitrogens with zero attached hydrogens (tertiary/aromatic N) is 1. The summed E-state index contributed by atoms with van der Waals surface area (Å²) in [5.41, 5.74) is 16.8. The van der Waals surface area contributed by atoms with Gasteiger partial charge >= 0.3 is 0 Å². The van der Waals surface area contributed by atoms with Gasteiger partial charge in [0.05, 0.1) is 0 Å². The van der Waals surface area contributed by atoms with Gasteiger partial charge in [-0.25, -0.2) is 0 Å². The van der Waals surface area contributed by atoms with Crippen LogP contribution in [0.3, 0.4) is 0 Å². The number of benzene rings is 10. The first-order chi connectivity index (χ1) is 29.8. The highest BCUT2D eigenvalue weighted by atomic mass is 16.3. The van der Waals surface area contributed by atoms with Gasteiger partial charge in [0.1, 0.15) is 11.2 Å². The summed E-state index contributed by atoms with van der Waals surface area (Å²) in [6, 6.07) is 84.6. The van der Waals surface area contributed by atoms with E-state index >= 15 is 0 Å². The van der Waals surface area contributed by atoms with Crippen LogP contribution in [0.15, 0.2) is 241 Å². The molecule has 1 aromatic heterocycles. The largest absolute Gasteiger partial charge is 0.455 e. The van der Waals surface area contributed by atoms with Crippen molar-refractivity contribution in [2.75, 3.05) is 4.90 Å². The molecule has 2 heteroatoms. The van der Waals surface area contributed by atoms with Crippen molar-refractivity contribution in [1.29, 1.82) is 0 Å². The van der Waals surface area contributed by atoms with Gasteiger partial charge in [-0.15, -0.1) is 0 Å². The summed E-state index contributed by atoms with van der Waals surface area (Å²) in [6.07, 6.45) is 0. The fourth-order valence-electron chi connectivity index (χ4n) is 8.80. The number of anilines is 3. The lowest BCUT2D eigenvalue weighted by Gasteiger charge is -2.26. The molecule has 0 saturated carbocycles. The highest BCUT2D eigenvalue weighted by Gasteiger charge is 2.21. The third kappa shape index (κ3) is 6.32. The fraction of sp³-hybridized carbons (Fsp3) is 0. The van der Waals surface area contributed by atoms with Crippen LogP contribution in [0.4, 0.5) is 17.1 Å². The molecule has 0 aliphatic carbocycles. The molecule has 0 amide bonds. The average Bonchev–Trinajstić information content (AvgIpc) is 3.72. The summed E-state index contributed by atoms with van der Waals surface area (Å²) in [7, 11) is 0. The monoisotopic (exact) mass is 765 g/mol. The molecule has 282 valence electrons. The third-order valence-electron chi connectivity index (χ3n) is 11.7. The fourth-order valence-corrected chi connectivity index (χ4v) is 8.80. The molecule has 0 N–H and O–H groups in total. The SMILES string of the molecule is c1ccc(-c2ccc(N(c3ccc(-c4ccccc4)cc3)c3ccc(-c4ccc5oc6c7ccccc7c(-c7ccccc7)cc6c5c4-c4ccccc4)cc3)cc2)cc1. The van der Waals surface area contributed by atoms with E-state index in [0.29, 0.717) is 0 Å². The van der Waals surface area contributed by atoms with Crippen LogP contribution in [-0.2, 0) is 0 Å². The van der Waals surface area contributed by atoms with Crippen LogP contribution in [0.2, 0.25) is 0 Å². The molecule has 0 radical (unpaired) electrons. The molecule has 0 bridgehead atoms. The zero-order valence-corrected chi connectivity index (χ0v) is 32.9. The Labute approximate surface area is 349 Å². The first-order valence-corrected chi connectivity index (χ1v) is 20.5. The van der Waals surface area contributed by atoms with Crippen molar-refractivity contribution in [3.63, 3.8) is 0 Å². The predicted molar refractivity (Wildman–Crippen MR) is 253 cm³/mol. The van der Waals surface area contributed by atoms with Crippen LogP contribution in [0.1, 0.15) is 0 Å². The van der Waals surface area contributed by atoms with Crippen molar-refractivity contribution in [2.45, 2.75) is 0 Å². The van der Waals surface area contributed by atoms with E-state index in [1.54, 1.807) is 0 Å². The van der Waals surface area contributed by atoms with Gasteiger partial charge in [0, 0.05) is 38.8 Å². The maximum Gasteiger partial charge on any atom is 0.143 e. The van der Waals surface area contributed by atoms with Crippen LogP contribution in [-0.4, -0.2) is 0 Å². The van der Waals surface area contributed by atoms with Gasteiger partial charge in [0.25, 0.3) is 0 Å². The molecule has 0 atom stereocenters. The van der Waals surface area contributed by atoms with Crippen molar-refractivity contribution >= 4 is 49.8 Å². The van der Waals surface area contributed by atoms with E-state index in [1.165, 1.54) is 44.3 Å². The summed E-state index contributed by atoms with van der Waals surface area (Å²) in [6.45, 7) is 0. The smallest absolute Gasteiger partial charge is 0.143 e. The van der Waals surface area contributed by atoms with Gasteiger partial charge in [0.2, 0.25) is 0 Å². The van der Waals surface area contributed by atoms with Gasteiger partial charge in [-0.1, -0.05) is 188 Å². The van der Waals surface area contributed by atoms with E-state index in [2.05, 4.69) is 241 Å². The lowest BCUT2D eigenvalue weighted by atomic mass is 9.89.